The van der Waals surface area contributed by atoms with Crippen LogP contribution in [0, 0.1) is 32.8 Å². The van der Waals surface area contributed by atoms with Crippen molar-refractivity contribution in [2.45, 2.75) is 40.0 Å². The van der Waals surface area contributed by atoms with E-state index >= 15 is 0 Å². The zero-order valence-electron chi connectivity index (χ0n) is 15.5. The summed E-state index contributed by atoms with van der Waals surface area (Å²) < 4.78 is 0. The number of rotatable bonds is 3. The summed E-state index contributed by atoms with van der Waals surface area (Å²) >= 11 is 1.45. The van der Waals surface area contributed by atoms with E-state index in [1.807, 2.05) is 0 Å². The second kappa shape index (κ2) is 7.12. The maximum Gasteiger partial charge on any atom is 0.270 e. The van der Waals surface area contributed by atoms with Crippen molar-refractivity contribution in [3.63, 3.8) is 0 Å². The van der Waals surface area contributed by atoms with Crippen molar-refractivity contribution < 1.29 is 9.72 Å². The molecule has 0 unspecified atom stereocenters. The predicted octanol–water partition coefficient (Wildman–Crippen LogP) is 4.93. The van der Waals surface area contributed by atoms with Crippen molar-refractivity contribution in [2.75, 3.05) is 5.32 Å². The summed E-state index contributed by atoms with van der Waals surface area (Å²) in [6, 6.07) is 7.82. The minimum atomic E-state index is -0.534. The molecule has 1 atom stereocenters. The summed E-state index contributed by atoms with van der Waals surface area (Å²) in [5, 5.41) is 23.8. The fourth-order valence-electron chi connectivity index (χ4n) is 3.47. The SMILES string of the molecule is CC(C)(C)[C@H]1CCc2c(sc(NC(=O)c3cccc([N+](=O)[O-])c3)c2C#N)C1. The first-order chi connectivity index (χ1) is 12.7. The van der Waals surface area contributed by atoms with Gasteiger partial charge in [0.05, 0.1) is 10.5 Å². The van der Waals surface area contributed by atoms with Gasteiger partial charge >= 0.3 is 0 Å². The van der Waals surface area contributed by atoms with Crippen LogP contribution in [0.25, 0.3) is 0 Å². The average molecular weight is 383 g/mol. The van der Waals surface area contributed by atoms with Crippen LogP contribution in [0.4, 0.5) is 10.7 Å². The molecule has 1 heterocycles. The van der Waals surface area contributed by atoms with Crippen LogP contribution in [-0.4, -0.2) is 10.8 Å². The number of thiophene rings is 1. The van der Waals surface area contributed by atoms with E-state index in [-0.39, 0.29) is 16.7 Å². The first-order valence-corrected chi connectivity index (χ1v) is 9.62. The van der Waals surface area contributed by atoms with Gasteiger partial charge in [-0.1, -0.05) is 26.8 Å². The fraction of sp³-hybridized carbons (Fsp3) is 0.400. The average Bonchev–Trinajstić information content (AvgIpc) is 2.97. The third-order valence-electron chi connectivity index (χ3n) is 5.15. The fourth-order valence-corrected chi connectivity index (χ4v) is 4.74. The number of nitro benzene ring substituents is 1. The predicted molar refractivity (Wildman–Crippen MR) is 105 cm³/mol. The molecule has 0 fully saturated rings. The maximum absolute atomic E-state index is 12.6. The normalized spacial score (nSPS) is 16.3. The van der Waals surface area contributed by atoms with Gasteiger partial charge in [-0.25, -0.2) is 0 Å². The van der Waals surface area contributed by atoms with Gasteiger partial charge in [0.25, 0.3) is 11.6 Å². The molecule has 3 rings (SSSR count). The number of nitro groups is 1. The number of fused-ring (bicyclic) bond motifs is 1. The molecule has 0 spiro atoms. The van der Waals surface area contributed by atoms with E-state index < -0.39 is 10.8 Å². The summed E-state index contributed by atoms with van der Waals surface area (Å²) in [6.45, 7) is 6.69. The Morgan fingerprint density at radius 2 is 2.15 bits per heavy atom. The van der Waals surface area contributed by atoms with Crippen molar-refractivity contribution >= 4 is 27.9 Å². The number of nitrogens with zero attached hydrogens (tertiary/aromatic N) is 2. The van der Waals surface area contributed by atoms with Crippen LogP contribution in [0.3, 0.4) is 0 Å². The highest BCUT2D eigenvalue weighted by Crippen LogP contribution is 2.44. The van der Waals surface area contributed by atoms with Gasteiger partial charge in [0.2, 0.25) is 0 Å². The van der Waals surface area contributed by atoms with Crippen molar-refractivity contribution in [1.82, 2.24) is 0 Å². The molecule has 0 saturated heterocycles. The Morgan fingerprint density at radius 3 is 2.78 bits per heavy atom. The minimum absolute atomic E-state index is 0.137. The van der Waals surface area contributed by atoms with E-state index in [2.05, 4.69) is 32.2 Å². The molecule has 27 heavy (non-hydrogen) atoms. The molecule has 1 aliphatic carbocycles. The number of carbonyl (C=O) groups excluding carboxylic acids is 1. The number of hydrogen-bond donors (Lipinski definition) is 1. The van der Waals surface area contributed by atoms with Gasteiger partial charge in [0.15, 0.2) is 0 Å². The van der Waals surface area contributed by atoms with Crippen LogP contribution in [0.15, 0.2) is 24.3 Å². The monoisotopic (exact) mass is 383 g/mol. The van der Waals surface area contributed by atoms with Crippen molar-refractivity contribution in [1.29, 1.82) is 5.26 Å². The number of non-ortho nitro benzene ring substituents is 1. The molecule has 0 aliphatic heterocycles. The molecule has 1 aromatic carbocycles. The van der Waals surface area contributed by atoms with Crippen LogP contribution in [0.2, 0.25) is 0 Å². The van der Waals surface area contributed by atoms with E-state index in [0.29, 0.717) is 16.5 Å². The number of hydrogen-bond acceptors (Lipinski definition) is 5. The molecule has 7 heteroatoms. The van der Waals surface area contributed by atoms with Gasteiger partial charge in [-0.3, -0.25) is 14.9 Å². The molecule has 6 nitrogen and oxygen atoms in total. The molecular weight excluding hydrogens is 362 g/mol. The number of nitrogens with one attached hydrogen (secondary N) is 1. The molecule has 0 saturated carbocycles. The Bertz CT molecular complexity index is 950. The topological polar surface area (TPSA) is 96.0 Å². The van der Waals surface area contributed by atoms with Crippen LogP contribution in [-0.2, 0) is 12.8 Å². The highest BCUT2D eigenvalue weighted by molar-refractivity contribution is 7.16. The van der Waals surface area contributed by atoms with Gasteiger partial charge < -0.3 is 5.32 Å². The second-order valence-corrected chi connectivity index (χ2v) is 8.99. The van der Waals surface area contributed by atoms with Crippen LogP contribution in [0.1, 0.15) is 53.6 Å². The van der Waals surface area contributed by atoms with Crippen LogP contribution < -0.4 is 5.32 Å². The molecule has 2 aromatic rings. The molecular formula is C20H21N3O3S. The smallest absolute Gasteiger partial charge is 0.270 e. The first-order valence-electron chi connectivity index (χ1n) is 8.81. The Balaban J connectivity index is 1.87. The summed E-state index contributed by atoms with van der Waals surface area (Å²) in [4.78, 5) is 24.1. The lowest BCUT2D eigenvalue weighted by Gasteiger charge is -2.33. The Morgan fingerprint density at radius 1 is 1.41 bits per heavy atom. The number of amides is 1. The van der Waals surface area contributed by atoms with Crippen LogP contribution >= 0.6 is 11.3 Å². The van der Waals surface area contributed by atoms with Crippen molar-refractivity contribution in [3.8, 4) is 6.07 Å². The van der Waals surface area contributed by atoms with Gasteiger partial charge in [-0.2, -0.15) is 5.26 Å². The zero-order chi connectivity index (χ0) is 19.8. The molecule has 140 valence electrons. The van der Waals surface area contributed by atoms with Crippen molar-refractivity contribution in [2.24, 2.45) is 11.3 Å². The third-order valence-corrected chi connectivity index (χ3v) is 6.32. The molecule has 1 aliphatic rings. The maximum atomic E-state index is 12.6. The largest absolute Gasteiger partial charge is 0.312 e. The summed E-state index contributed by atoms with van der Waals surface area (Å²) in [7, 11) is 0. The Labute approximate surface area is 162 Å². The molecule has 1 N–H and O–H groups in total. The Kier molecular flexibility index (Phi) is 5.03. The quantitative estimate of drug-likeness (QED) is 0.600. The lowest BCUT2D eigenvalue weighted by molar-refractivity contribution is -0.384. The van der Waals surface area contributed by atoms with Gasteiger partial charge in [-0.15, -0.1) is 11.3 Å². The highest BCUT2D eigenvalue weighted by atomic mass is 32.1. The summed E-state index contributed by atoms with van der Waals surface area (Å²) in [5.74, 6) is 0.0942. The van der Waals surface area contributed by atoms with E-state index in [4.69, 9.17) is 0 Å². The summed E-state index contributed by atoms with van der Waals surface area (Å²) in [5.41, 5.74) is 1.83. The lowest BCUT2D eigenvalue weighted by atomic mass is 9.72. The number of carbonyl (C=O) groups is 1. The number of anilines is 1. The lowest BCUT2D eigenvalue weighted by Crippen LogP contribution is -2.26. The zero-order valence-corrected chi connectivity index (χ0v) is 16.4. The molecule has 1 amide bonds. The number of nitriles is 1. The molecule has 1 aromatic heterocycles. The van der Waals surface area contributed by atoms with Gasteiger partial charge in [-0.05, 0) is 42.2 Å². The van der Waals surface area contributed by atoms with E-state index in [9.17, 15) is 20.2 Å². The van der Waals surface area contributed by atoms with Crippen molar-refractivity contribution in [3.05, 3.63) is 55.9 Å². The van der Waals surface area contributed by atoms with E-state index in [1.165, 1.54) is 35.6 Å². The van der Waals surface area contributed by atoms with E-state index in [0.717, 1.165) is 29.7 Å². The standard InChI is InChI=1S/C20H21N3O3S/c1-20(2,3)13-7-8-15-16(11-21)19(27-17(15)10-13)22-18(24)12-5-4-6-14(9-12)23(25)26/h4-6,9,13H,7-8,10H2,1-3H3,(H,22,24)/t13-/m0/s1. The van der Waals surface area contributed by atoms with E-state index in [1.54, 1.807) is 0 Å². The number of benzene rings is 1. The second-order valence-electron chi connectivity index (χ2n) is 7.89. The Hall–Kier alpha value is -2.72. The molecule has 0 bridgehead atoms. The molecule has 0 radical (unpaired) electrons. The highest BCUT2D eigenvalue weighted by Gasteiger charge is 2.32. The first kappa shape index (κ1) is 19.1. The summed E-state index contributed by atoms with van der Waals surface area (Å²) in [6.07, 6.45) is 2.77. The third kappa shape index (κ3) is 3.86. The van der Waals surface area contributed by atoms with Gasteiger partial charge in [0, 0.05) is 22.6 Å². The minimum Gasteiger partial charge on any atom is -0.312 e. The van der Waals surface area contributed by atoms with Gasteiger partial charge in [0.1, 0.15) is 11.1 Å². The van der Waals surface area contributed by atoms with Crippen LogP contribution in [0.5, 0.6) is 0 Å².